The molecule has 6 nitrogen and oxygen atoms in total. The number of aliphatic hydroxyl groups excluding tert-OH is 1. The van der Waals surface area contributed by atoms with E-state index in [4.69, 9.17) is 11.6 Å². The van der Waals surface area contributed by atoms with Gasteiger partial charge in [-0.2, -0.15) is 0 Å². The quantitative estimate of drug-likeness (QED) is 0.269. The highest BCUT2D eigenvalue weighted by atomic mass is 35.5. The lowest BCUT2D eigenvalue weighted by molar-refractivity contribution is -0.127. The SMILES string of the molecule is O=CC(=O)C(=C(O)c1ccccc1)C(Nc1nncs1)c1ccc(Cl)cc1. The minimum absolute atomic E-state index is 0.0891. The molecule has 0 spiro atoms. The maximum absolute atomic E-state index is 12.5. The predicted octanol–water partition coefficient (Wildman–Crippen LogP) is 4.08. The zero-order valence-electron chi connectivity index (χ0n) is 13.9. The molecular weight excluding hydrogens is 386 g/mol. The van der Waals surface area contributed by atoms with E-state index in [0.717, 1.165) is 0 Å². The third-order valence-electron chi connectivity index (χ3n) is 3.79. The second-order valence-corrected chi connectivity index (χ2v) is 6.75. The number of nitrogens with zero attached hydrogens (tertiary/aromatic N) is 2. The molecule has 0 amide bonds. The number of nitrogens with one attached hydrogen (secondary N) is 1. The van der Waals surface area contributed by atoms with Crippen LogP contribution in [0.3, 0.4) is 0 Å². The number of Topliss-reactive ketones (excluding diaryl/α,β-unsaturated/α-hetero) is 1. The van der Waals surface area contributed by atoms with Gasteiger partial charge in [-0.3, -0.25) is 9.59 Å². The van der Waals surface area contributed by atoms with E-state index in [0.29, 0.717) is 21.3 Å². The van der Waals surface area contributed by atoms with Gasteiger partial charge in [0.1, 0.15) is 11.3 Å². The zero-order valence-corrected chi connectivity index (χ0v) is 15.4. The Kier molecular flexibility index (Phi) is 5.95. The number of halogens is 1. The van der Waals surface area contributed by atoms with Crippen molar-refractivity contribution in [3.05, 3.63) is 81.8 Å². The highest BCUT2D eigenvalue weighted by molar-refractivity contribution is 7.13. The molecule has 1 aromatic heterocycles. The number of carbonyl (C=O) groups is 2. The summed E-state index contributed by atoms with van der Waals surface area (Å²) in [5, 5.41) is 22.5. The summed E-state index contributed by atoms with van der Waals surface area (Å²) in [6, 6.07) is 14.4. The summed E-state index contributed by atoms with van der Waals surface area (Å²) in [6.45, 7) is 0. The largest absolute Gasteiger partial charge is 0.507 e. The van der Waals surface area contributed by atoms with Crippen molar-refractivity contribution in [3.8, 4) is 0 Å². The third-order valence-corrected chi connectivity index (χ3v) is 4.67. The number of aldehydes is 1. The van der Waals surface area contributed by atoms with Gasteiger partial charge in [-0.1, -0.05) is 65.4 Å². The molecule has 8 heteroatoms. The van der Waals surface area contributed by atoms with Gasteiger partial charge in [0, 0.05) is 10.6 Å². The molecule has 3 rings (SSSR count). The molecule has 0 aliphatic carbocycles. The molecule has 1 heterocycles. The summed E-state index contributed by atoms with van der Waals surface area (Å²) in [4.78, 5) is 23.8. The molecule has 0 fully saturated rings. The van der Waals surface area contributed by atoms with E-state index in [1.807, 2.05) is 0 Å². The van der Waals surface area contributed by atoms with Crippen molar-refractivity contribution in [2.75, 3.05) is 5.32 Å². The summed E-state index contributed by atoms with van der Waals surface area (Å²) >= 11 is 7.19. The Morgan fingerprint density at radius 3 is 2.44 bits per heavy atom. The van der Waals surface area contributed by atoms with Crippen LogP contribution in [0.25, 0.3) is 5.76 Å². The minimum atomic E-state index is -0.840. The van der Waals surface area contributed by atoms with Crippen LogP contribution in [0, 0.1) is 0 Å². The number of hydrogen-bond acceptors (Lipinski definition) is 7. The molecule has 0 aliphatic heterocycles. The van der Waals surface area contributed by atoms with Gasteiger partial charge in [0.25, 0.3) is 0 Å². The number of benzene rings is 2. The first-order valence-corrected chi connectivity index (χ1v) is 9.12. The van der Waals surface area contributed by atoms with Crippen molar-refractivity contribution < 1.29 is 14.7 Å². The summed E-state index contributed by atoms with van der Waals surface area (Å²) in [5.41, 5.74) is 2.49. The zero-order chi connectivity index (χ0) is 19.2. The van der Waals surface area contributed by atoms with Gasteiger partial charge >= 0.3 is 0 Å². The lowest BCUT2D eigenvalue weighted by Crippen LogP contribution is -2.21. The molecule has 27 heavy (non-hydrogen) atoms. The Hall–Kier alpha value is -3.03. The van der Waals surface area contributed by atoms with Crippen LogP contribution in [0.15, 0.2) is 65.7 Å². The van der Waals surface area contributed by atoms with Crippen molar-refractivity contribution in [2.24, 2.45) is 0 Å². The normalized spacial score (nSPS) is 12.8. The van der Waals surface area contributed by atoms with Gasteiger partial charge < -0.3 is 10.4 Å². The molecule has 1 unspecified atom stereocenters. The molecular formula is C19H14ClN3O3S. The van der Waals surface area contributed by atoms with Crippen molar-refractivity contribution in [3.63, 3.8) is 0 Å². The number of ketones is 1. The Morgan fingerprint density at radius 2 is 1.85 bits per heavy atom. The first-order chi connectivity index (χ1) is 13.1. The Morgan fingerprint density at radius 1 is 1.15 bits per heavy atom. The third kappa shape index (κ3) is 4.39. The predicted molar refractivity (Wildman–Crippen MR) is 105 cm³/mol. The van der Waals surface area contributed by atoms with Crippen molar-refractivity contribution in [2.45, 2.75) is 6.04 Å². The highest BCUT2D eigenvalue weighted by Crippen LogP contribution is 2.32. The first kappa shape index (κ1) is 18.8. The molecule has 3 aromatic rings. The van der Waals surface area contributed by atoms with Gasteiger partial charge in [0.2, 0.25) is 10.9 Å². The molecule has 0 radical (unpaired) electrons. The summed E-state index contributed by atoms with van der Waals surface area (Å²) in [6.07, 6.45) is 0.180. The number of rotatable bonds is 7. The van der Waals surface area contributed by atoms with Gasteiger partial charge in [-0.05, 0) is 17.7 Å². The molecule has 0 saturated carbocycles. The average molecular weight is 400 g/mol. The fourth-order valence-electron chi connectivity index (χ4n) is 2.55. The average Bonchev–Trinajstić information content (AvgIpc) is 3.21. The Labute approximate surface area is 164 Å². The van der Waals surface area contributed by atoms with Crippen LogP contribution in [0.5, 0.6) is 0 Å². The van der Waals surface area contributed by atoms with Crippen LogP contribution >= 0.6 is 22.9 Å². The first-order valence-electron chi connectivity index (χ1n) is 7.86. The topological polar surface area (TPSA) is 92.2 Å². The highest BCUT2D eigenvalue weighted by Gasteiger charge is 2.28. The van der Waals surface area contributed by atoms with E-state index in [-0.39, 0.29) is 17.6 Å². The van der Waals surface area contributed by atoms with E-state index < -0.39 is 11.8 Å². The lowest BCUT2D eigenvalue weighted by Gasteiger charge is -2.21. The Balaban J connectivity index is 2.16. The summed E-state index contributed by atoms with van der Waals surface area (Å²) in [5.74, 6) is -1.13. The van der Waals surface area contributed by atoms with Crippen molar-refractivity contribution >= 4 is 45.9 Å². The van der Waals surface area contributed by atoms with E-state index in [1.165, 1.54) is 16.8 Å². The summed E-state index contributed by atoms with van der Waals surface area (Å²) < 4.78 is 0. The Bertz CT molecular complexity index is 958. The minimum Gasteiger partial charge on any atom is -0.507 e. The molecule has 2 aromatic carbocycles. The monoisotopic (exact) mass is 399 g/mol. The summed E-state index contributed by atoms with van der Waals surface area (Å²) in [7, 11) is 0. The smallest absolute Gasteiger partial charge is 0.227 e. The fraction of sp³-hybridized carbons (Fsp3) is 0.0526. The lowest BCUT2D eigenvalue weighted by atomic mass is 9.92. The maximum Gasteiger partial charge on any atom is 0.227 e. The van der Waals surface area contributed by atoms with Gasteiger partial charge in [-0.25, -0.2) is 0 Å². The van der Waals surface area contributed by atoms with Crippen molar-refractivity contribution in [1.29, 1.82) is 0 Å². The molecule has 136 valence electrons. The standard InChI is InChI=1S/C19H14ClN3O3S/c20-14-8-6-12(7-9-14)17(22-19-23-21-11-27-19)16(15(25)10-24)18(26)13-4-2-1-3-5-13/h1-11,17,26H,(H,22,23). The van der Waals surface area contributed by atoms with Crippen LogP contribution in [0.2, 0.25) is 5.02 Å². The van der Waals surface area contributed by atoms with Gasteiger partial charge in [-0.15, -0.1) is 10.2 Å². The molecule has 0 aliphatic rings. The van der Waals surface area contributed by atoms with Gasteiger partial charge in [0.15, 0.2) is 6.29 Å². The molecule has 0 bridgehead atoms. The number of anilines is 1. The molecule has 1 atom stereocenters. The number of aliphatic hydroxyl groups is 1. The van der Waals surface area contributed by atoms with E-state index >= 15 is 0 Å². The molecule has 2 N–H and O–H groups in total. The van der Waals surface area contributed by atoms with E-state index in [1.54, 1.807) is 54.6 Å². The maximum atomic E-state index is 12.5. The number of hydrogen-bond donors (Lipinski definition) is 2. The van der Waals surface area contributed by atoms with Gasteiger partial charge in [0.05, 0.1) is 11.6 Å². The fourth-order valence-corrected chi connectivity index (χ4v) is 3.15. The van der Waals surface area contributed by atoms with Crippen LogP contribution in [-0.2, 0) is 9.59 Å². The van der Waals surface area contributed by atoms with Crippen molar-refractivity contribution in [1.82, 2.24) is 10.2 Å². The van der Waals surface area contributed by atoms with E-state index in [9.17, 15) is 14.7 Å². The number of carbonyl (C=O) groups excluding carboxylic acids is 2. The second kappa shape index (κ2) is 8.57. The van der Waals surface area contributed by atoms with Crippen LogP contribution in [-0.4, -0.2) is 27.4 Å². The van der Waals surface area contributed by atoms with Crippen LogP contribution < -0.4 is 5.32 Å². The molecule has 0 saturated heterocycles. The van der Waals surface area contributed by atoms with Crippen LogP contribution in [0.1, 0.15) is 17.2 Å². The van der Waals surface area contributed by atoms with Crippen LogP contribution in [0.4, 0.5) is 5.13 Å². The second-order valence-electron chi connectivity index (χ2n) is 5.48. The number of aromatic nitrogens is 2. The van der Waals surface area contributed by atoms with E-state index in [2.05, 4.69) is 15.5 Å².